The van der Waals surface area contributed by atoms with E-state index in [-0.39, 0.29) is 0 Å². The van der Waals surface area contributed by atoms with Crippen LogP contribution < -0.4 is 14.8 Å². The highest BCUT2D eigenvalue weighted by atomic mass is 16.5. The fourth-order valence-corrected chi connectivity index (χ4v) is 2.50. The molecule has 2 rings (SSSR count). The number of benzene rings is 1. The maximum absolute atomic E-state index is 5.86. The second-order valence-electron chi connectivity index (χ2n) is 5.16. The Morgan fingerprint density at radius 3 is 2.70 bits per heavy atom. The summed E-state index contributed by atoms with van der Waals surface area (Å²) in [5.74, 6) is 1.66. The molecule has 0 saturated carbocycles. The van der Waals surface area contributed by atoms with Crippen molar-refractivity contribution < 1.29 is 9.47 Å². The Morgan fingerprint density at radius 1 is 1.20 bits per heavy atom. The van der Waals surface area contributed by atoms with Crippen LogP contribution in [0.2, 0.25) is 0 Å². The summed E-state index contributed by atoms with van der Waals surface area (Å²) in [6.07, 6.45) is 2.64. The van der Waals surface area contributed by atoms with Crippen LogP contribution in [0.25, 0.3) is 0 Å². The van der Waals surface area contributed by atoms with Gasteiger partial charge in [-0.25, -0.2) is 0 Å². The highest BCUT2D eigenvalue weighted by molar-refractivity contribution is 5.42. The van der Waals surface area contributed by atoms with E-state index in [1.165, 1.54) is 31.5 Å². The van der Waals surface area contributed by atoms with E-state index < -0.39 is 0 Å². The number of hydrogen-bond donors (Lipinski definition) is 1. The van der Waals surface area contributed by atoms with Crippen molar-refractivity contribution >= 4 is 0 Å². The van der Waals surface area contributed by atoms with Crippen LogP contribution in [0, 0.1) is 0 Å². The number of nitrogens with zero attached hydrogens (tertiary/aromatic N) is 1. The van der Waals surface area contributed by atoms with Crippen molar-refractivity contribution in [3.63, 3.8) is 0 Å². The van der Waals surface area contributed by atoms with E-state index in [1.807, 2.05) is 12.1 Å². The van der Waals surface area contributed by atoms with Crippen LogP contribution in [0.3, 0.4) is 0 Å². The van der Waals surface area contributed by atoms with Gasteiger partial charge in [0, 0.05) is 13.1 Å². The van der Waals surface area contributed by atoms with Gasteiger partial charge in [-0.3, -0.25) is 4.90 Å². The van der Waals surface area contributed by atoms with Crippen LogP contribution in [0.4, 0.5) is 0 Å². The molecule has 1 aromatic rings. The molecule has 1 aliphatic heterocycles. The van der Waals surface area contributed by atoms with E-state index in [4.69, 9.17) is 9.47 Å². The molecule has 0 amide bonds. The van der Waals surface area contributed by atoms with Gasteiger partial charge in [0.25, 0.3) is 0 Å². The molecule has 0 atom stereocenters. The first-order chi connectivity index (χ1) is 9.83. The van der Waals surface area contributed by atoms with E-state index >= 15 is 0 Å². The van der Waals surface area contributed by atoms with Crippen LogP contribution in [-0.4, -0.2) is 44.8 Å². The molecular formula is C16H26N2O2. The number of likely N-dealkylation sites (tertiary alicyclic amines) is 1. The number of methoxy groups -OCH3 is 1. The van der Waals surface area contributed by atoms with Crippen molar-refractivity contribution in [2.45, 2.75) is 26.3 Å². The van der Waals surface area contributed by atoms with Crippen molar-refractivity contribution in [3.05, 3.63) is 23.8 Å². The molecule has 0 spiro atoms. The second-order valence-corrected chi connectivity index (χ2v) is 5.16. The predicted molar refractivity (Wildman–Crippen MR) is 81.5 cm³/mol. The maximum Gasteiger partial charge on any atom is 0.161 e. The lowest BCUT2D eigenvalue weighted by molar-refractivity contribution is 0.230. The zero-order chi connectivity index (χ0) is 14.2. The number of ether oxygens (including phenoxy) is 2. The smallest absolute Gasteiger partial charge is 0.161 e. The quantitative estimate of drug-likeness (QED) is 0.791. The van der Waals surface area contributed by atoms with Gasteiger partial charge in [-0.15, -0.1) is 0 Å². The van der Waals surface area contributed by atoms with Gasteiger partial charge in [-0.05, 0) is 50.2 Å². The van der Waals surface area contributed by atoms with Crippen molar-refractivity contribution in [2.24, 2.45) is 0 Å². The molecule has 0 radical (unpaired) electrons. The molecule has 1 aromatic carbocycles. The Morgan fingerprint density at radius 2 is 2.00 bits per heavy atom. The molecule has 1 saturated heterocycles. The van der Waals surface area contributed by atoms with Gasteiger partial charge in [0.2, 0.25) is 0 Å². The largest absolute Gasteiger partial charge is 0.493 e. The lowest BCUT2D eigenvalue weighted by atomic mass is 10.2. The minimum absolute atomic E-state index is 0.725. The lowest BCUT2D eigenvalue weighted by Gasteiger charge is -2.16. The third kappa shape index (κ3) is 4.39. The molecule has 1 fully saturated rings. The summed E-state index contributed by atoms with van der Waals surface area (Å²) >= 11 is 0. The average molecular weight is 278 g/mol. The van der Waals surface area contributed by atoms with Crippen molar-refractivity contribution in [3.8, 4) is 11.5 Å². The van der Waals surface area contributed by atoms with Crippen LogP contribution in [0.15, 0.2) is 18.2 Å². The summed E-state index contributed by atoms with van der Waals surface area (Å²) < 4.78 is 11.3. The minimum atomic E-state index is 0.725. The zero-order valence-corrected chi connectivity index (χ0v) is 12.7. The molecule has 0 bridgehead atoms. The van der Waals surface area contributed by atoms with Gasteiger partial charge >= 0.3 is 0 Å². The molecule has 1 aliphatic rings. The van der Waals surface area contributed by atoms with Crippen molar-refractivity contribution in [1.82, 2.24) is 10.2 Å². The van der Waals surface area contributed by atoms with E-state index in [0.29, 0.717) is 0 Å². The van der Waals surface area contributed by atoms with Gasteiger partial charge < -0.3 is 14.8 Å². The van der Waals surface area contributed by atoms with Crippen LogP contribution >= 0.6 is 0 Å². The Bertz CT molecular complexity index is 403. The van der Waals surface area contributed by atoms with Gasteiger partial charge in [0.05, 0.1) is 7.11 Å². The van der Waals surface area contributed by atoms with Gasteiger partial charge in [-0.2, -0.15) is 0 Å². The molecule has 0 unspecified atom stereocenters. The van der Waals surface area contributed by atoms with E-state index in [1.54, 1.807) is 7.11 Å². The van der Waals surface area contributed by atoms with Crippen molar-refractivity contribution in [2.75, 3.05) is 39.9 Å². The summed E-state index contributed by atoms with van der Waals surface area (Å²) in [7, 11) is 1.69. The summed E-state index contributed by atoms with van der Waals surface area (Å²) in [6, 6.07) is 6.15. The first kappa shape index (κ1) is 15.1. The Kier molecular flexibility index (Phi) is 6.15. The minimum Gasteiger partial charge on any atom is -0.493 e. The molecule has 20 heavy (non-hydrogen) atoms. The number of hydrogen-bond acceptors (Lipinski definition) is 4. The molecule has 1 N–H and O–H groups in total. The fraction of sp³-hybridized carbons (Fsp3) is 0.625. The number of nitrogens with one attached hydrogen (secondary N) is 1. The normalized spacial score (nSPS) is 15.5. The predicted octanol–water partition coefficient (Wildman–Crippen LogP) is 2.28. The van der Waals surface area contributed by atoms with Crippen LogP contribution in [0.1, 0.15) is 25.3 Å². The average Bonchev–Trinajstić information content (AvgIpc) is 2.99. The molecule has 4 nitrogen and oxygen atoms in total. The monoisotopic (exact) mass is 278 g/mol. The lowest BCUT2D eigenvalue weighted by Crippen LogP contribution is -2.25. The van der Waals surface area contributed by atoms with Gasteiger partial charge in [-0.1, -0.05) is 13.0 Å². The van der Waals surface area contributed by atoms with Gasteiger partial charge in [0.15, 0.2) is 11.5 Å². The van der Waals surface area contributed by atoms with Crippen molar-refractivity contribution in [1.29, 1.82) is 0 Å². The highest BCUT2D eigenvalue weighted by Gasteiger charge is 2.12. The maximum atomic E-state index is 5.86. The SMILES string of the molecule is CCNCc1ccc(OCCN2CCCC2)c(OC)c1. The standard InChI is InChI=1S/C16H26N2O2/c1-3-17-13-14-6-7-15(16(12-14)19-2)20-11-10-18-8-4-5-9-18/h6-7,12,17H,3-5,8-11,13H2,1-2H3. The number of rotatable bonds is 8. The summed E-state index contributed by atoms with van der Waals surface area (Å²) in [4.78, 5) is 2.45. The Balaban J connectivity index is 1.86. The molecule has 4 heteroatoms. The van der Waals surface area contributed by atoms with E-state index in [9.17, 15) is 0 Å². The molecule has 0 aromatic heterocycles. The Labute approximate surface area is 122 Å². The molecule has 112 valence electrons. The first-order valence-electron chi connectivity index (χ1n) is 7.56. The van der Waals surface area contributed by atoms with E-state index in [2.05, 4.69) is 23.2 Å². The molecule has 1 heterocycles. The summed E-state index contributed by atoms with van der Waals surface area (Å²) in [6.45, 7) is 8.08. The third-order valence-electron chi connectivity index (χ3n) is 3.67. The van der Waals surface area contributed by atoms with E-state index in [0.717, 1.165) is 37.7 Å². The topological polar surface area (TPSA) is 33.7 Å². The van der Waals surface area contributed by atoms with Gasteiger partial charge in [0.1, 0.15) is 6.61 Å². The summed E-state index contributed by atoms with van der Waals surface area (Å²) in [5, 5.41) is 3.31. The first-order valence-corrected chi connectivity index (χ1v) is 7.56. The zero-order valence-electron chi connectivity index (χ0n) is 12.7. The van der Waals surface area contributed by atoms with Crippen LogP contribution in [-0.2, 0) is 6.54 Å². The molecular weight excluding hydrogens is 252 g/mol. The Hall–Kier alpha value is -1.26. The third-order valence-corrected chi connectivity index (χ3v) is 3.67. The highest BCUT2D eigenvalue weighted by Crippen LogP contribution is 2.28. The second kappa shape index (κ2) is 8.12. The summed E-state index contributed by atoms with van der Waals surface area (Å²) in [5.41, 5.74) is 1.22. The molecule has 0 aliphatic carbocycles. The van der Waals surface area contributed by atoms with Crippen LogP contribution in [0.5, 0.6) is 11.5 Å². The fourth-order valence-electron chi connectivity index (χ4n) is 2.50.